The number of carbonyl (C=O) groups is 1. The summed E-state index contributed by atoms with van der Waals surface area (Å²) >= 11 is 0. The number of rotatable bonds is 3. The molecule has 1 saturated carbocycles. The molecule has 0 bridgehead atoms. The van der Waals surface area contributed by atoms with E-state index in [0.717, 1.165) is 18.6 Å². The Bertz CT molecular complexity index is 467. The van der Waals surface area contributed by atoms with E-state index in [1.54, 1.807) is 0 Å². The number of hydrogen-bond acceptors (Lipinski definition) is 3. The molecule has 0 heterocycles. The fraction of sp³-hybridized carbons (Fsp3) is 0.417. The Hall–Kier alpha value is -1.76. The minimum atomic E-state index is -4.39. The molecule has 0 saturated heterocycles. The second-order valence-electron chi connectivity index (χ2n) is 4.45. The van der Waals surface area contributed by atoms with Gasteiger partial charge in [0.25, 0.3) is 5.91 Å². The Morgan fingerprint density at radius 2 is 1.84 bits per heavy atom. The van der Waals surface area contributed by atoms with E-state index in [2.05, 4.69) is 0 Å². The molecule has 0 atom stereocenters. The van der Waals surface area contributed by atoms with Crippen molar-refractivity contribution in [3.63, 3.8) is 0 Å². The molecule has 1 aliphatic carbocycles. The first-order chi connectivity index (χ1) is 8.87. The lowest BCUT2D eigenvalue weighted by Crippen LogP contribution is -2.57. The largest absolute Gasteiger partial charge is 0.477 e. The normalized spacial score (nSPS) is 17.5. The van der Waals surface area contributed by atoms with E-state index < -0.39 is 23.2 Å². The summed E-state index contributed by atoms with van der Waals surface area (Å²) in [6.45, 7) is 0. The van der Waals surface area contributed by atoms with Gasteiger partial charge in [0.05, 0.1) is 5.56 Å². The van der Waals surface area contributed by atoms with Crippen molar-refractivity contribution in [1.29, 1.82) is 0 Å². The van der Waals surface area contributed by atoms with Crippen LogP contribution in [0, 0.1) is 0 Å². The molecule has 19 heavy (non-hydrogen) atoms. The monoisotopic (exact) mass is 274 g/mol. The predicted octanol–water partition coefficient (Wildman–Crippen LogP) is 2.00. The van der Waals surface area contributed by atoms with Crippen LogP contribution in [0.1, 0.15) is 24.8 Å². The number of alkyl halides is 3. The Balaban J connectivity index is 2.13. The standard InChI is InChI=1S/C12H13F3N2O2/c13-12(14,15)8-2-4-9(5-3-8)19-11(6-1-7-11)10(18)17-16/h2-5H,1,6-7,16H2,(H,17,18). The van der Waals surface area contributed by atoms with Gasteiger partial charge in [-0.2, -0.15) is 13.2 Å². The summed E-state index contributed by atoms with van der Waals surface area (Å²) in [5.74, 6) is 4.83. The molecule has 1 aliphatic rings. The molecule has 0 spiro atoms. The quantitative estimate of drug-likeness (QED) is 0.503. The average molecular weight is 274 g/mol. The van der Waals surface area contributed by atoms with Gasteiger partial charge in [0.15, 0.2) is 5.60 Å². The van der Waals surface area contributed by atoms with Gasteiger partial charge in [0.2, 0.25) is 0 Å². The Labute approximate surface area is 107 Å². The third-order valence-electron chi connectivity index (χ3n) is 3.20. The topological polar surface area (TPSA) is 64.3 Å². The lowest BCUT2D eigenvalue weighted by atomic mass is 9.79. The van der Waals surface area contributed by atoms with E-state index in [0.29, 0.717) is 12.8 Å². The number of hydrazine groups is 1. The Morgan fingerprint density at radius 1 is 1.26 bits per heavy atom. The van der Waals surface area contributed by atoms with Gasteiger partial charge in [-0.05, 0) is 43.5 Å². The summed E-state index contributed by atoms with van der Waals surface area (Å²) in [5.41, 5.74) is 0.214. The highest BCUT2D eigenvalue weighted by Crippen LogP contribution is 2.37. The van der Waals surface area contributed by atoms with Gasteiger partial charge in [-0.3, -0.25) is 10.2 Å². The minimum absolute atomic E-state index is 0.219. The fourth-order valence-electron chi connectivity index (χ4n) is 1.94. The van der Waals surface area contributed by atoms with Crippen molar-refractivity contribution < 1.29 is 22.7 Å². The molecule has 0 aromatic heterocycles. The van der Waals surface area contributed by atoms with Crippen LogP contribution in [0.3, 0.4) is 0 Å². The second kappa shape index (κ2) is 4.73. The highest BCUT2D eigenvalue weighted by atomic mass is 19.4. The third kappa shape index (κ3) is 2.65. The lowest BCUT2D eigenvalue weighted by molar-refractivity contribution is -0.144. The maximum absolute atomic E-state index is 12.4. The van der Waals surface area contributed by atoms with E-state index in [9.17, 15) is 18.0 Å². The van der Waals surface area contributed by atoms with Crippen LogP contribution in [0.4, 0.5) is 13.2 Å². The predicted molar refractivity (Wildman–Crippen MR) is 61.0 cm³/mol. The molecule has 7 heteroatoms. The second-order valence-corrected chi connectivity index (χ2v) is 4.45. The highest BCUT2D eigenvalue weighted by Gasteiger charge is 2.46. The summed E-state index contributed by atoms with van der Waals surface area (Å²) in [4.78, 5) is 11.6. The number of amides is 1. The van der Waals surface area contributed by atoms with Crippen molar-refractivity contribution in [2.75, 3.05) is 0 Å². The molecular formula is C12H13F3N2O2. The zero-order chi connectivity index (χ0) is 14.1. The number of ether oxygens (including phenoxy) is 1. The summed E-state index contributed by atoms with van der Waals surface area (Å²) < 4.78 is 42.7. The Kier molecular flexibility index (Phi) is 3.40. The number of nitrogens with one attached hydrogen (secondary N) is 1. The number of benzene rings is 1. The maximum Gasteiger partial charge on any atom is 0.416 e. The van der Waals surface area contributed by atoms with Gasteiger partial charge in [-0.25, -0.2) is 5.84 Å². The van der Waals surface area contributed by atoms with Crippen LogP contribution in [0.15, 0.2) is 24.3 Å². The molecule has 0 aliphatic heterocycles. The van der Waals surface area contributed by atoms with Crippen LogP contribution in [-0.4, -0.2) is 11.5 Å². The SMILES string of the molecule is NNC(=O)C1(Oc2ccc(C(F)(F)F)cc2)CCC1. The number of nitrogens with two attached hydrogens (primary N) is 1. The number of halogens is 3. The van der Waals surface area contributed by atoms with Gasteiger partial charge < -0.3 is 4.74 Å². The summed E-state index contributed by atoms with van der Waals surface area (Å²) in [5, 5.41) is 0. The van der Waals surface area contributed by atoms with E-state index in [-0.39, 0.29) is 5.75 Å². The summed E-state index contributed by atoms with van der Waals surface area (Å²) in [6, 6.07) is 4.24. The van der Waals surface area contributed by atoms with E-state index in [1.807, 2.05) is 5.43 Å². The van der Waals surface area contributed by atoms with Crippen molar-refractivity contribution in [2.24, 2.45) is 5.84 Å². The molecular weight excluding hydrogens is 261 g/mol. The van der Waals surface area contributed by atoms with E-state index >= 15 is 0 Å². The Morgan fingerprint density at radius 3 is 2.21 bits per heavy atom. The van der Waals surface area contributed by atoms with Crippen LogP contribution in [0.25, 0.3) is 0 Å². The average Bonchev–Trinajstić information content (AvgIpc) is 2.32. The first-order valence-electron chi connectivity index (χ1n) is 5.75. The molecule has 1 aromatic rings. The van der Waals surface area contributed by atoms with Crippen LogP contribution >= 0.6 is 0 Å². The van der Waals surface area contributed by atoms with Gasteiger partial charge in [0.1, 0.15) is 5.75 Å². The smallest absolute Gasteiger partial charge is 0.416 e. The molecule has 104 valence electrons. The van der Waals surface area contributed by atoms with Crippen LogP contribution in [0.5, 0.6) is 5.75 Å². The first-order valence-corrected chi connectivity index (χ1v) is 5.75. The molecule has 1 amide bonds. The van der Waals surface area contributed by atoms with Crippen molar-refractivity contribution in [1.82, 2.24) is 5.43 Å². The van der Waals surface area contributed by atoms with Crippen molar-refractivity contribution in [2.45, 2.75) is 31.0 Å². The molecule has 0 radical (unpaired) electrons. The van der Waals surface area contributed by atoms with Gasteiger partial charge in [-0.15, -0.1) is 0 Å². The fourth-order valence-corrected chi connectivity index (χ4v) is 1.94. The molecule has 2 rings (SSSR count). The van der Waals surface area contributed by atoms with Crippen molar-refractivity contribution >= 4 is 5.91 Å². The van der Waals surface area contributed by atoms with Crippen LogP contribution in [0.2, 0.25) is 0 Å². The van der Waals surface area contributed by atoms with E-state index in [1.165, 1.54) is 12.1 Å². The number of carbonyl (C=O) groups excluding carboxylic acids is 1. The van der Waals surface area contributed by atoms with Crippen LogP contribution in [-0.2, 0) is 11.0 Å². The highest BCUT2D eigenvalue weighted by molar-refractivity contribution is 5.86. The third-order valence-corrected chi connectivity index (χ3v) is 3.20. The zero-order valence-electron chi connectivity index (χ0n) is 9.96. The summed E-state index contributed by atoms with van der Waals surface area (Å²) in [7, 11) is 0. The molecule has 0 unspecified atom stereocenters. The van der Waals surface area contributed by atoms with Gasteiger partial charge in [-0.1, -0.05) is 0 Å². The van der Waals surface area contributed by atoms with Crippen molar-refractivity contribution in [3.05, 3.63) is 29.8 Å². The van der Waals surface area contributed by atoms with Crippen LogP contribution < -0.4 is 16.0 Å². The van der Waals surface area contributed by atoms with Gasteiger partial charge >= 0.3 is 6.18 Å². The lowest BCUT2D eigenvalue weighted by Gasteiger charge is -2.39. The minimum Gasteiger partial charge on any atom is -0.477 e. The molecule has 3 N–H and O–H groups in total. The molecule has 1 fully saturated rings. The summed E-state index contributed by atoms with van der Waals surface area (Å²) in [6.07, 6.45) is -2.58. The molecule has 4 nitrogen and oxygen atoms in total. The van der Waals surface area contributed by atoms with Crippen molar-refractivity contribution in [3.8, 4) is 5.75 Å². The molecule has 1 aromatic carbocycles. The first kappa shape index (κ1) is 13.7. The maximum atomic E-state index is 12.4. The number of hydrogen-bond donors (Lipinski definition) is 2. The van der Waals surface area contributed by atoms with Gasteiger partial charge in [0, 0.05) is 0 Å². The zero-order valence-corrected chi connectivity index (χ0v) is 9.96. The van der Waals surface area contributed by atoms with E-state index in [4.69, 9.17) is 10.6 Å².